The van der Waals surface area contributed by atoms with Gasteiger partial charge < -0.3 is 31.0 Å². The van der Waals surface area contributed by atoms with Gasteiger partial charge >= 0.3 is 21.1 Å². The summed E-state index contributed by atoms with van der Waals surface area (Å²) in [7, 11) is 0. The molecule has 0 bridgehead atoms. The first-order valence-corrected chi connectivity index (χ1v) is 2.69. The molecule has 0 spiro atoms. The van der Waals surface area contributed by atoms with E-state index in [0.29, 0.717) is 0 Å². The summed E-state index contributed by atoms with van der Waals surface area (Å²) in [6, 6.07) is 6.00. The number of nitrogens with zero attached hydrogens (tertiary/aromatic N) is 1. The molecule has 0 radical (unpaired) electrons. The summed E-state index contributed by atoms with van der Waals surface area (Å²) in [6.45, 7) is 3.99. The van der Waals surface area contributed by atoms with Gasteiger partial charge in [-0.3, -0.25) is 4.98 Å². The van der Waals surface area contributed by atoms with Crippen LogP contribution in [0, 0.1) is 13.8 Å². The molecule has 0 aliphatic carbocycles. The van der Waals surface area contributed by atoms with Crippen molar-refractivity contribution >= 4 is 0 Å². The standard InChI is InChI=1S/C7H9N.2ClH.H3N.Pt/c1-6-4-3-5-7(2)8-6;;;;/h3-5H,1-2H3;2*1H;1H3;/q;;;;+2/p-2. The van der Waals surface area contributed by atoms with Crippen molar-refractivity contribution in [2.75, 3.05) is 0 Å². The second kappa shape index (κ2) is 11.4. The largest absolute Gasteiger partial charge is 2.00 e. The average molecular weight is 390 g/mol. The fourth-order valence-corrected chi connectivity index (χ4v) is 0.679. The molecular formula is C7H12Cl2N2Pt. The summed E-state index contributed by atoms with van der Waals surface area (Å²) in [5, 5.41) is 0. The normalized spacial score (nSPS) is 6.17. The minimum atomic E-state index is 0. The summed E-state index contributed by atoms with van der Waals surface area (Å²) in [5.74, 6) is 0. The summed E-state index contributed by atoms with van der Waals surface area (Å²) in [6.07, 6.45) is 0. The predicted molar refractivity (Wildman–Crippen MR) is 38.7 cm³/mol. The summed E-state index contributed by atoms with van der Waals surface area (Å²) >= 11 is 0. The fourth-order valence-electron chi connectivity index (χ4n) is 0.679. The third kappa shape index (κ3) is 8.47. The first-order valence-electron chi connectivity index (χ1n) is 2.69. The molecule has 1 heterocycles. The second-order valence-corrected chi connectivity index (χ2v) is 1.92. The molecule has 0 saturated heterocycles. The molecule has 1 aromatic rings. The zero-order valence-electron chi connectivity index (χ0n) is 6.96. The summed E-state index contributed by atoms with van der Waals surface area (Å²) in [4.78, 5) is 4.17. The third-order valence-electron chi connectivity index (χ3n) is 1.03. The number of aromatic nitrogens is 1. The van der Waals surface area contributed by atoms with Crippen molar-refractivity contribution in [3.63, 3.8) is 0 Å². The number of pyridine rings is 1. The Balaban J connectivity index is -0.0000000800. The van der Waals surface area contributed by atoms with Crippen molar-refractivity contribution in [2.24, 2.45) is 0 Å². The number of rotatable bonds is 0. The van der Waals surface area contributed by atoms with Crippen LogP contribution >= 0.6 is 0 Å². The minimum Gasteiger partial charge on any atom is -1.00 e. The van der Waals surface area contributed by atoms with Gasteiger partial charge in [-0.05, 0) is 26.0 Å². The van der Waals surface area contributed by atoms with E-state index in [1.54, 1.807) is 0 Å². The van der Waals surface area contributed by atoms with Gasteiger partial charge in [0.2, 0.25) is 0 Å². The van der Waals surface area contributed by atoms with Crippen LogP contribution in [-0.2, 0) is 21.1 Å². The van der Waals surface area contributed by atoms with Crippen LogP contribution in [0.4, 0.5) is 0 Å². The van der Waals surface area contributed by atoms with Gasteiger partial charge in [-0.2, -0.15) is 0 Å². The van der Waals surface area contributed by atoms with Crippen LogP contribution in [0.25, 0.3) is 0 Å². The molecule has 1 aromatic heterocycles. The van der Waals surface area contributed by atoms with Crippen LogP contribution in [0.1, 0.15) is 11.4 Å². The van der Waals surface area contributed by atoms with Gasteiger partial charge in [0.1, 0.15) is 0 Å². The van der Waals surface area contributed by atoms with Crippen molar-refractivity contribution in [3.05, 3.63) is 29.6 Å². The number of hydrogen-bond acceptors (Lipinski definition) is 2. The van der Waals surface area contributed by atoms with Crippen LogP contribution in [0.2, 0.25) is 0 Å². The van der Waals surface area contributed by atoms with Crippen LogP contribution in [-0.4, -0.2) is 4.98 Å². The van der Waals surface area contributed by atoms with E-state index in [9.17, 15) is 0 Å². The monoisotopic (exact) mass is 389 g/mol. The topological polar surface area (TPSA) is 47.9 Å². The van der Waals surface area contributed by atoms with Crippen LogP contribution in [0.5, 0.6) is 0 Å². The Bertz CT molecular complexity index is 179. The molecule has 0 amide bonds. The molecule has 2 nitrogen and oxygen atoms in total. The Kier molecular flexibility index (Phi) is 21.6. The van der Waals surface area contributed by atoms with Crippen LogP contribution in [0.3, 0.4) is 0 Å². The molecule has 0 saturated carbocycles. The Morgan fingerprint density at radius 3 is 1.50 bits per heavy atom. The molecule has 0 unspecified atom stereocenters. The van der Waals surface area contributed by atoms with Gasteiger partial charge in [0.05, 0.1) is 0 Å². The SMILES string of the molecule is Cc1cccc(C)n1.N.[Cl-].[Cl-].[Pt+2]. The maximum atomic E-state index is 4.17. The Labute approximate surface area is 100 Å². The van der Waals surface area contributed by atoms with E-state index in [-0.39, 0.29) is 52.0 Å². The molecule has 0 aliphatic heterocycles. The molecule has 0 aliphatic rings. The van der Waals surface area contributed by atoms with Crippen LogP contribution in [0.15, 0.2) is 18.2 Å². The van der Waals surface area contributed by atoms with Gasteiger partial charge in [-0.15, -0.1) is 0 Å². The van der Waals surface area contributed by atoms with E-state index >= 15 is 0 Å². The quantitative estimate of drug-likeness (QED) is 0.490. The third-order valence-corrected chi connectivity index (χ3v) is 1.03. The maximum Gasteiger partial charge on any atom is 2.00 e. The Hall–Kier alpha value is 0.378. The van der Waals surface area contributed by atoms with Crippen molar-refractivity contribution in [1.29, 1.82) is 0 Å². The van der Waals surface area contributed by atoms with Gasteiger partial charge in [-0.1, -0.05) is 6.07 Å². The van der Waals surface area contributed by atoms with E-state index in [4.69, 9.17) is 0 Å². The van der Waals surface area contributed by atoms with Crippen molar-refractivity contribution in [3.8, 4) is 0 Å². The van der Waals surface area contributed by atoms with Crippen LogP contribution < -0.4 is 31.0 Å². The molecule has 5 heteroatoms. The molecule has 12 heavy (non-hydrogen) atoms. The Morgan fingerprint density at radius 1 is 1.00 bits per heavy atom. The summed E-state index contributed by atoms with van der Waals surface area (Å²) < 4.78 is 0. The van der Waals surface area contributed by atoms with Crippen molar-refractivity contribution in [1.82, 2.24) is 11.1 Å². The van der Waals surface area contributed by atoms with Gasteiger partial charge in [-0.25, -0.2) is 0 Å². The molecule has 74 valence electrons. The molecule has 0 aromatic carbocycles. The molecule has 3 N–H and O–H groups in total. The molecule has 0 atom stereocenters. The first-order chi connectivity index (χ1) is 3.79. The Morgan fingerprint density at radius 2 is 1.33 bits per heavy atom. The fraction of sp³-hybridized carbons (Fsp3) is 0.286. The molecular weight excluding hydrogens is 378 g/mol. The zero-order chi connectivity index (χ0) is 5.98. The predicted octanol–water partition coefficient (Wildman–Crippen LogP) is -4.13. The van der Waals surface area contributed by atoms with E-state index in [0.717, 1.165) is 11.4 Å². The average Bonchev–Trinajstić information content (AvgIpc) is 1.64. The van der Waals surface area contributed by atoms with E-state index < -0.39 is 0 Å². The summed E-state index contributed by atoms with van der Waals surface area (Å²) in [5.41, 5.74) is 2.18. The number of hydrogen-bond donors (Lipinski definition) is 1. The van der Waals surface area contributed by atoms with Gasteiger partial charge in [0, 0.05) is 11.4 Å². The second-order valence-electron chi connectivity index (χ2n) is 1.92. The number of halogens is 2. The van der Waals surface area contributed by atoms with Crippen molar-refractivity contribution in [2.45, 2.75) is 13.8 Å². The van der Waals surface area contributed by atoms with Crippen molar-refractivity contribution < 1.29 is 45.9 Å². The first kappa shape index (κ1) is 22.8. The molecule has 1 rings (SSSR count). The zero-order valence-corrected chi connectivity index (χ0v) is 10.7. The minimum absolute atomic E-state index is 0. The van der Waals surface area contributed by atoms with Gasteiger partial charge in [0.25, 0.3) is 0 Å². The van der Waals surface area contributed by atoms with Gasteiger partial charge in [0.15, 0.2) is 0 Å². The van der Waals surface area contributed by atoms with E-state index in [2.05, 4.69) is 4.98 Å². The smallest absolute Gasteiger partial charge is 1.00 e. The maximum absolute atomic E-state index is 4.17. The number of aryl methyl sites for hydroxylation is 2. The molecule has 0 fully saturated rings. The van der Waals surface area contributed by atoms with E-state index in [1.165, 1.54) is 0 Å². The van der Waals surface area contributed by atoms with E-state index in [1.807, 2.05) is 32.0 Å².